The SMILES string of the molecule is O=C(CCNc1cc(C(F)(F)F)ccc1Cl)Nc1ccccc1. The molecule has 0 aliphatic rings. The van der Waals surface area contributed by atoms with Crippen molar-refractivity contribution < 1.29 is 18.0 Å². The summed E-state index contributed by atoms with van der Waals surface area (Å²) in [5, 5.41) is 5.60. The fourth-order valence-corrected chi connectivity index (χ4v) is 2.08. The van der Waals surface area contributed by atoms with E-state index < -0.39 is 11.7 Å². The van der Waals surface area contributed by atoms with Crippen LogP contribution in [0.2, 0.25) is 5.02 Å². The maximum Gasteiger partial charge on any atom is 0.416 e. The smallest absolute Gasteiger partial charge is 0.383 e. The molecule has 0 saturated carbocycles. The highest BCUT2D eigenvalue weighted by atomic mass is 35.5. The molecule has 3 nitrogen and oxygen atoms in total. The van der Waals surface area contributed by atoms with Crippen molar-refractivity contribution in [2.75, 3.05) is 17.2 Å². The summed E-state index contributed by atoms with van der Waals surface area (Å²) in [5.74, 6) is -0.244. The Balaban J connectivity index is 1.90. The van der Waals surface area contributed by atoms with Crippen LogP contribution in [0, 0.1) is 0 Å². The molecule has 0 aromatic heterocycles. The molecule has 0 heterocycles. The molecular weight excluding hydrogens is 329 g/mol. The fourth-order valence-electron chi connectivity index (χ4n) is 1.89. The second-order valence-corrected chi connectivity index (χ2v) is 5.19. The number of rotatable bonds is 5. The summed E-state index contributed by atoms with van der Waals surface area (Å²) in [6.45, 7) is 0.166. The highest BCUT2D eigenvalue weighted by Gasteiger charge is 2.30. The Morgan fingerprint density at radius 2 is 1.78 bits per heavy atom. The monoisotopic (exact) mass is 342 g/mol. The van der Waals surface area contributed by atoms with Gasteiger partial charge in [0, 0.05) is 18.7 Å². The zero-order chi connectivity index (χ0) is 16.9. The number of amides is 1. The predicted octanol–water partition coefficient (Wildman–Crippen LogP) is 4.80. The van der Waals surface area contributed by atoms with Crippen molar-refractivity contribution in [3.05, 3.63) is 59.1 Å². The normalized spacial score (nSPS) is 11.1. The van der Waals surface area contributed by atoms with Crippen LogP contribution in [0.5, 0.6) is 0 Å². The highest BCUT2D eigenvalue weighted by molar-refractivity contribution is 6.33. The standard InChI is InChI=1S/C16H14ClF3N2O/c17-13-7-6-11(16(18,19)20)10-14(13)21-9-8-15(23)22-12-4-2-1-3-5-12/h1-7,10,21H,8-9H2,(H,22,23). The molecule has 122 valence electrons. The molecule has 0 saturated heterocycles. The molecule has 0 bridgehead atoms. The van der Waals surface area contributed by atoms with E-state index in [-0.39, 0.29) is 29.6 Å². The van der Waals surface area contributed by atoms with Gasteiger partial charge in [-0.15, -0.1) is 0 Å². The maximum absolute atomic E-state index is 12.7. The molecule has 0 aliphatic heterocycles. The number of alkyl halides is 3. The van der Waals surface area contributed by atoms with Crippen LogP contribution in [0.1, 0.15) is 12.0 Å². The number of hydrogen-bond acceptors (Lipinski definition) is 2. The minimum absolute atomic E-state index is 0.0987. The number of halogens is 4. The topological polar surface area (TPSA) is 41.1 Å². The van der Waals surface area contributed by atoms with Crippen molar-refractivity contribution in [1.82, 2.24) is 0 Å². The summed E-state index contributed by atoms with van der Waals surface area (Å²) < 4.78 is 38.0. The van der Waals surface area contributed by atoms with Crippen LogP contribution in [-0.2, 0) is 11.0 Å². The van der Waals surface area contributed by atoms with Gasteiger partial charge in [0.2, 0.25) is 5.91 Å². The lowest BCUT2D eigenvalue weighted by molar-refractivity contribution is -0.137. The summed E-state index contributed by atoms with van der Waals surface area (Å²) in [6, 6.07) is 11.9. The van der Waals surface area contributed by atoms with E-state index in [0.29, 0.717) is 5.69 Å². The Kier molecular flexibility index (Phi) is 5.50. The minimum atomic E-state index is -4.44. The van der Waals surface area contributed by atoms with Crippen molar-refractivity contribution in [2.45, 2.75) is 12.6 Å². The molecule has 2 rings (SSSR count). The lowest BCUT2D eigenvalue weighted by atomic mass is 10.2. The zero-order valence-electron chi connectivity index (χ0n) is 12.0. The number of carbonyl (C=O) groups excluding carboxylic acids is 1. The molecule has 0 atom stereocenters. The Morgan fingerprint density at radius 1 is 1.09 bits per heavy atom. The molecule has 0 unspecified atom stereocenters. The van der Waals surface area contributed by atoms with Crippen LogP contribution >= 0.6 is 11.6 Å². The van der Waals surface area contributed by atoms with E-state index in [1.165, 1.54) is 6.07 Å². The van der Waals surface area contributed by atoms with E-state index in [4.69, 9.17) is 11.6 Å². The van der Waals surface area contributed by atoms with E-state index in [1.54, 1.807) is 24.3 Å². The molecule has 0 radical (unpaired) electrons. The first-order chi connectivity index (χ1) is 10.9. The van der Waals surface area contributed by atoms with Crippen LogP contribution in [0.3, 0.4) is 0 Å². The van der Waals surface area contributed by atoms with Crippen LogP contribution in [-0.4, -0.2) is 12.5 Å². The first-order valence-electron chi connectivity index (χ1n) is 6.82. The van der Waals surface area contributed by atoms with Crippen molar-refractivity contribution in [1.29, 1.82) is 0 Å². The third-order valence-electron chi connectivity index (χ3n) is 3.02. The minimum Gasteiger partial charge on any atom is -0.383 e. The van der Waals surface area contributed by atoms with E-state index in [1.807, 2.05) is 6.07 Å². The van der Waals surface area contributed by atoms with Gasteiger partial charge in [0.15, 0.2) is 0 Å². The first-order valence-corrected chi connectivity index (χ1v) is 7.19. The van der Waals surface area contributed by atoms with Gasteiger partial charge in [-0.25, -0.2) is 0 Å². The van der Waals surface area contributed by atoms with Gasteiger partial charge in [0.05, 0.1) is 16.3 Å². The Labute approximate surface area is 136 Å². The summed E-state index contributed by atoms with van der Waals surface area (Å²) in [7, 11) is 0. The summed E-state index contributed by atoms with van der Waals surface area (Å²) in [5.41, 5.74) is 0.0155. The third-order valence-corrected chi connectivity index (χ3v) is 3.35. The van der Waals surface area contributed by atoms with Gasteiger partial charge in [-0.1, -0.05) is 29.8 Å². The third kappa shape index (κ3) is 5.17. The van der Waals surface area contributed by atoms with Crippen molar-refractivity contribution >= 4 is 28.9 Å². The number of hydrogen-bond donors (Lipinski definition) is 2. The quantitative estimate of drug-likeness (QED) is 0.819. The van der Waals surface area contributed by atoms with Gasteiger partial charge >= 0.3 is 6.18 Å². The van der Waals surface area contributed by atoms with Gasteiger partial charge in [0.1, 0.15) is 0 Å². The van der Waals surface area contributed by atoms with E-state index in [9.17, 15) is 18.0 Å². The van der Waals surface area contributed by atoms with E-state index in [2.05, 4.69) is 10.6 Å². The molecule has 2 aromatic rings. The summed E-state index contributed by atoms with van der Waals surface area (Å²) in [6.07, 6.45) is -4.34. The molecule has 0 aliphatic carbocycles. The Hall–Kier alpha value is -2.21. The molecule has 0 spiro atoms. The van der Waals surface area contributed by atoms with Crippen LogP contribution in [0.25, 0.3) is 0 Å². The van der Waals surface area contributed by atoms with E-state index in [0.717, 1.165) is 12.1 Å². The number of carbonyl (C=O) groups is 1. The van der Waals surface area contributed by atoms with E-state index >= 15 is 0 Å². The van der Waals surface area contributed by atoms with Crippen LogP contribution in [0.4, 0.5) is 24.5 Å². The number of benzene rings is 2. The average Bonchev–Trinajstić information content (AvgIpc) is 2.49. The van der Waals surface area contributed by atoms with Gasteiger partial charge in [-0.2, -0.15) is 13.2 Å². The lowest BCUT2D eigenvalue weighted by Gasteiger charge is -2.12. The maximum atomic E-state index is 12.7. The number of anilines is 2. The fraction of sp³-hybridized carbons (Fsp3) is 0.188. The molecule has 2 N–H and O–H groups in total. The number of para-hydroxylation sites is 1. The molecule has 2 aromatic carbocycles. The highest BCUT2D eigenvalue weighted by Crippen LogP contribution is 2.33. The number of nitrogens with one attached hydrogen (secondary N) is 2. The second-order valence-electron chi connectivity index (χ2n) is 4.78. The second kappa shape index (κ2) is 7.37. The van der Waals surface area contributed by atoms with Gasteiger partial charge in [0.25, 0.3) is 0 Å². The van der Waals surface area contributed by atoms with Gasteiger partial charge < -0.3 is 10.6 Å². The molecule has 0 fully saturated rings. The van der Waals surface area contributed by atoms with Crippen molar-refractivity contribution in [3.63, 3.8) is 0 Å². The molecule has 23 heavy (non-hydrogen) atoms. The Bertz CT molecular complexity index is 675. The van der Waals surface area contributed by atoms with Crippen LogP contribution in [0.15, 0.2) is 48.5 Å². The predicted molar refractivity (Wildman–Crippen MR) is 84.6 cm³/mol. The molecule has 1 amide bonds. The first kappa shape index (κ1) is 17.1. The summed E-state index contributed by atoms with van der Waals surface area (Å²) >= 11 is 5.86. The van der Waals surface area contributed by atoms with Crippen molar-refractivity contribution in [3.8, 4) is 0 Å². The average molecular weight is 343 g/mol. The van der Waals surface area contributed by atoms with Gasteiger partial charge in [-0.3, -0.25) is 4.79 Å². The largest absolute Gasteiger partial charge is 0.416 e. The zero-order valence-corrected chi connectivity index (χ0v) is 12.7. The summed E-state index contributed by atoms with van der Waals surface area (Å²) in [4.78, 5) is 11.7. The van der Waals surface area contributed by atoms with Gasteiger partial charge in [-0.05, 0) is 30.3 Å². The van der Waals surface area contributed by atoms with Crippen molar-refractivity contribution in [2.24, 2.45) is 0 Å². The molecular formula is C16H14ClF3N2O. The molecule has 7 heteroatoms. The van der Waals surface area contributed by atoms with Crippen LogP contribution < -0.4 is 10.6 Å². The lowest BCUT2D eigenvalue weighted by Crippen LogP contribution is -2.16. The Morgan fingerprint density at radius 3 is 2.43 bits per heavy atom.